The number of nitrogens with zero attached hydrogens (tertiary/aromatic N) is 1. The molecule has 4 heteroatoms. The Morgan fingerprint density at radius 2 is 1.67 bits per heavy atom. The average molecular weight is 287 g/mol. The first-order valence-corrected chi connectivity index (χ1v) is 7.57. The number of ether oxygens (including phenoxy) is 2. The Kier molecular flexibility index (Phi) is 3.86. The van der Waals surface area contributed by atoms with Gasteiger partial charge in [0.15, 0.2) is 11.3 Å². The average Bonchev–Trinajstić information content (AvgIpc) is 2.54. The van der Waals surface area contributed by atoms with Crippen LogP contribution >= 0.6 is 0 Å². The number of benzene rings is 1. The molecule has 0 radical (unpaired) electrons. The fraction of sp³-hybridized carbons (Fsp3) is 0.471. The van der Waals surface area contributed by atoms with E-state index in [0.717, 1.165) is 35.5 Å². The van der Waals surface area contributed by atoms with Crippen LogP contribution in [0.25, 0.3) is 10.9 Å². The number of aromatic nitrogens is 1. The molecule has 0 atom stereocenters. The van der Waals surface area contributed by atoms with Crippen molar-refractivity contribution in [2.45, 2.75) is 26.2 Å². The lowest BCUT2D eigenvalue weighted by Crippen LogP contribution is -2.34. The zero-order valence-corrected chi connectivity index (χ0v) is 13.0. The van der Waals surface area contributed by atoms with Gasteiger partial charge in [0.05, 0.1) is 32.7 Å². The molecule has 1 aromatic carbocycles. The third-order valence-corrected chi connectivity index (χ3v) is 4.27. The molecule has 0 amide bonds. The maximum absolute atomic E-state index is 5.52. The van der Waals surface area contributed by atoms with E-state index in [4.69, 9.17) is 9.47 Å². The molecule has 0 saturated carbocycles. The third-order valence-electron chi connectivity index (χ3n) is 4.27. The summed E-state index contributed by atoms with van der Waals surface area (Å²) in [4.78, 5) is 5.98. The number of hydrogen-bond acceptors (Lipinski definition) is 3. The van der Waals surface area contributed by atoms with E-state index >= 15 is 0 Å². The number of rotatable bonds is 3. The van der Waals surface area contributed by atoms with Crippen molar-refractivity contribution in [3.05, 3.63) is 23.8 Å². The highest BCUT2D eigenvalue weighted by molar-refractivity contribution is 5.91. The SMILES string of the molecule is COc1ccc(OC)c2c(C)cc(N3CCCCC3)[nH+]c12. The minimum absolute atomic E-state index is 0.854. The Morgan fingerprint density at radius 1 is 1.00 bits per heavy atom. The lowest BCUT2D eigenvalue weighted by molar-refractivity contribution is -0.331. The van der Waals surface area contributed by atoms with Crippen LogP contribution in [0.5, 0.6) is 11.5 Å². The third kappa shape index (κ3) is 2.50. The van der Waals surface area contributed by atoms with Gasteiger partial charge in [-0.05, 0) is 43.9 Å². The van der Waals surface area contributed by atoms with Crippen LogP contribution < -0.4 is 19.4 Å². The predicted octanol–water partition coefficient (Wildman–Crippen LogP) is 2.97. The van der Waals surface area contributed by atoms with Gasteiger partial charge in [-0.1, -0.05) is 0 Å². The summed E-state index contributed by atoms with van der Waals surface area (Å²) in [5, 5.41) is 1.10. The van der Waals surface area contributed by atoms with Gasteiger partial charge >= 0.3 is 0 Å². The topological polar surface area (TPSA) is 35.8 Å². The monoisotopic (exact) mass is 287 g/mol. The van der Waals surface area contributed by atoms with E-state index in [-0.39, 0.29) is 0 Å². The molecule has 1 aliphatic heterocycles. The van der Waals surface area contributed by atoms with Crippen LogP contribution in [0.4, 0.5) is 5.82 Å². The Hall–Kier alpha value is -1.97. The van der Waals surface area contributed by atoms with E-state index in [1.807, 2.05) is 12.1 Å². The van der Waals surface area contributed by atoms with Crippen molar-refractivity contribution in [1.82, 2.24) is 0 Å². The van der Waals surface area contributed by atoms with Crippen LogP contribution in [0, 0.1) is 6.92 Å². The van der Waals surface area contributed by atoms with Gasteiger partial charge in [0.25, 0.3) is 5.82 Å². The highest BCUT2D eigenvalue weighted by Crippen LogP contribution is 2.34. The fourth-order valence-corrected chi connectivity index (χ4v) is 3.17. The number of pyridine rings is 1. The first-order valence-electron chi connectivity index (χ1n) is 7.57. The molecule has 1 fully saturated rings. The molecule has 1 aliphatic rings. The zero-order valence-electron chi connectivity index (χ0n) is 13.0. The van der Waals surface area contributed by atoms with Crippen LogP contribution in [-0.4, -0.2) is 27.3 Å². The zero-order chi connectivity index (χ0) is 14.8. The Balaban J connectivity index is 2.17. The van der Waals surface area contributed by atoms with E-state index in [1.165, 1.54) is 30.6 Å². The summed E-state index contributed by atoms with van der Waals surface area (Å²) < 4.78 is 11.0. The van der Waals surface area contributed by atoms with Gasteiger partial charge in [-0.3, -0.25) is 4.90 Å². The highest BCUT2D eigenvalue weighted by atomic mass is 16.5. The number of fused-ring (bicyclic) bond motifs is 1. The first-order chi connectivity index (χ1) is 10.2. The van der Waals surface area contributed by atoms with Crippen molar-refractivity contribution >= 4 is 16.7 Å². The summed E-state index contributed by atoms with van der Waals surface area (Å²) in [6.45, 7) is 4.37. The molecule has 4 nitrogen and oxygen atoms in total. The fourth-order valence-electron chi connectivity index (χ4n) is 3.17. The van der Waals surface area contributed by atoms with E-state index in [2.05, 4.69) is 22.9 Å². The number of anilines is 1. The number of methoxy groups -OCH3 is 2. The minimum atomic E-state index is 0.854. The van der Waals surface area contributed by atoms with Crippen molar-refractivity contribution in [3.8, 4) is 11.5 Å². The molecule has 2 aromatic rings. The Morgan fingerprint density at radius 3 is 2.33 bits per heavy atom. The van der Waals surface area contributed by atoms with E-state index in [1.54, 1.807) is 14.2 Å². The summed E-state index contributed by atoms with van der Waals surface area (Å²) in [6.07, 6.45) is 3.86. The van der Waals surface area contributed by atoms with E-state index in [9.17, 15) is 0 Å². The van der Waals surface area contributed by atoms with Crippen LogP contribution in [0.1, 0.15) is 24.8 Å². The predicted molar refractivity (Wildman–Crippen MR) is 84.4 cm³/mol. The van der Waals surface area contributed by atoms with Crippen molar-refractivity contribution in [3.63, 3.8) is 0 Å². The number of aromatic amines is 1. The number of H-pyrrole nitrogens is 1. The van der Waals surface area contributed by atoms with Gasteiger partial charge in [-0.15, -0.1) is 0 Å². The molecular weight excluding hydrogens is 264 g/mol. The van der Waals surface area contributed by atoms with Gasteiger partial charge in [0.2, 0.25) is 0 Å². The molecule has 0 aliphatic carbocycles. The molecule has 1 aromatic heterocycles. The maximum Gasteiger partial charge on any atom is 0.275 e. The second-order valence-corrected chi connectivity index (χ2v) is 5.61. The number of aryl methyl sites for hydroxylation is 1. The van der Waals surface area contributed by atoms with Crippen LogP contribution in [0.15, 0.2) is 18.2 Å². The highest BCUT2D eigenvalue weighted by Gasteiger charge is 2.22. The summed E-state index contributed by atoms with van der Waals surface area (Å²) in [6, 6.07) is 6.13. The van der Waals surface area contributed by atoms with Gasteiger partial charge in [-0.25, -0.2) is 4.98 Å². The van der Waals surface area contributed by atoms with Gasteiger partial charge < -0.3 is 9.47 Å². The van der Waals surface area contributed by atoms with E-state index < -0.39 is 0 Å². The van der Waals surface area contributed by atoms with Crippen LogP contribution in [0.2, 0.25) is 0 Å². The number of nitrogens with one attached hydrogen (secondary N) is 1. The molecule has 21 heavy (non-hydrogen) atoms. The molecule has 112 valence electrons. The Labute approximate surface area is 125 Å². The lowest BCUT2D eigenvalue weighted by atomic mass is 10.1. The van der Waals surface area contributed by atoms with E-state index in [0.29, 0.717) is 0 Å². The minimum Gasteiger partial charge on any atom is -0.496 e. The summed E-state index contributed by atoms with van der Waals surface area (Å²) in [7, 11) is 3.41. The molecule has 2 heterocycles. The second-order valence-electron chi connectivity index (χ2n) is 5.61. The van der Waals surface area contributed by atoms with Gasteiger partial charge in [0, 0.05) is 6.07 Å². The van der Waals surface area contributed by atoms with Crippen molar-refractivity contribution < 1.29 is 14.5 Å². The Bertz CT molecular complexity index is 649. The first kappa shape index (κ1) is 14.0. The largest absolute Gasteiger partial charge is 0.496 e. The quantitative estimate of drug-likeness (QED) is 0.870. The summed E-state index contributed by atoms with van der Waals surface area (Å²) in [5.74, 6) is 2.91. The molecule has 1 N–H and O–H groups in total. The molecule has 1 saturated heterocycles. The van der Waals surface area contributed by atoms with Crippen molar-refractivity contribution in [1.29, 1.82) is 0 Å². The molecule has 0 spiro atoms. The molecule has 0 bridgehead atoms. The van der Waals surface area contributed by atoms with Crippen LogP contribution in [-0.2, 0) is 0 Å². The number of piperidine rings is 1. The van der Waals surface area contributed by atoms with Crippen molar-refractivity contribution in [2.24, 2.45) is 0 Å². The van der Waals surface area contributed by atoms with Gasteiger partial charge in [0.1, 0.15) is 5.75 Å². The lowest BCUT2D eigenvalue weighted by Gasteiger charge is -2.22. The maximum atomic E-state index is 5.52. The summed E-state index contributed by atoms with van der Waals surface area (Å²) >= 11 is 0. The molecular formula is C17H23N2O2+. The molecule has 3 rings (SSSR count). The summed E-state index contributed by atoms with van der Waals surface area (Å²) in [5.41, 5.74) is 2.22. The number of hydrogen-bond donors (Lipinski definition) is 0. The van der Waals surface area contributed by atoms with Gasteiger partial charge in [-0.2, -0.15) is 0 Å². The standard InChI is InChI=1S/C17H22N2O2/c1-12-11-15(19-9-5-4-6-10-19)18-17-14(21-3)8-7-13(20-2)16(12)17/h7-8,11H,4-6,9-10H2,1-3H3/p+1. The van der Waals surface area contributed by atoms with Crippen LogP contribution in [0.3, 0.4) is 0 Å². The van der Waals surface area contributed by atoms with Crippen molar-refractivity contribution in [2.75, 3.05) is 32.2 Å². The normalized spacial score (nSPS) is 15.3. The second kappa shape index (κ2) is 5.80. The smallest absolute Gasteiger partial charge is 0.275 e. The molecule has 0 unspecified atom stereocenters.